The first-order chi connectivity index (χ1) is 14.4. The summed E-state index contributed by atoms with van der Waals surface area (Å²) in [6.07, 6.45) is 9.04. The van der Waals surface area contributed by atoms with E-state index in [1.807, 2.05) is 4.90 Å². The molecule has 7 nitrogen and oxygen atoms in total. The number of hydrogen-bond acceptors (Lipinski definition) is 4. The van der Waals surface area contributed by atoms with Crippen molar-refractivity contribution in [3.05, 3.63) is 42.5 Å². The fourth-order valence-corrected chi connectivity index (χ4v) is 5.55. The highest BCUT2D eigenvalue weighted by Crippen LogP contribution is 2.28. The van der Waals surface area contributed by atoms with E-state index >= 15 is 0 Å². The molecule has 0 aromatic heterocycles. The second kappa shape index (κ2) is 10.1. The van der Waals surface area contributed by atoms with Crippen molar-refractivity contribution in [2.45, 2.75) is 62.3 Å². The Balaban J connectivity index is 1.57. The molecule has 2 N–H and O–H groups in total. The summed E-state index contributed by atoms with van der Waals surface area (Å²) in [7, 11) is -3.73. The van der Waals surface area contributed by atoms with Gasteiger partial charge in [0.15, 0.2) is 0 Å². The summed E-state index contributed by atoms with van der Waals surface area (Å²) in [5, 5.41) is 11.3. The molecule has 0 radical (unpaired) electrons. The molecule has 1 aliphatic heterocycles. The van der Waals surface area contributed by atoms with Crippen LogP contribution in [0, 0.1) is 5.41 Å². The van der Waals surface area contributed by atoms with E-state index in [1.165, 1.54) is 10.7 Å². The zero-order valence-electron chi connectivity index (χ0n) is 17.5. The Labute approximate surface area is 179 Å². The van der Waals surface area contributed by atoms with Crippen LogP contribution in [0.5, 0.6) is 0 Å². The third-order valence-electron chi connectivity index (χ3n) is 5.89. The van der Waals surface area contributed by atoms with Crippen LogP contribution in [0.2, 0.25) is 0 Å². The third-order valence-corrected chi connectivity index (χ3v) is 7.69. The molecule has 0 spiro atoms. The SMILES string of the molecule is C=CCCC(=O)NCCc1ccc(S(=O)(=O)N2CCN(C3CCCCC3)C2=N)cc1. The Morgan fingerprint density at radius 1 is 1.17 bits per heavy atom. The van der Waals surface area contributed by atoms with Crippen molar-refractivity contribution in [1.29, 1.82) is 5.41 Å². The Bertz CT molecular complexity index is 861. The number of benzene rings is 1. The van der Waals surface area contributed by atoms with Crippen molar-refractivity contribution in [3.63, 3.8) is 0 Å². The van der Waals surface area contributed by atoms with E-state index in [0.29, 0.717) is 38.9 Å². The first-order valence-corrected chi connectivity index (χ1v) is 12.2. The topological polar surface area (TPSA) is 93.6 Å². The maximum atomic E-state index is 13.1. The molecule has 1 aliphatic carbocycles. The van der Waals surface area contributed by atoms with Gasteiger partial charge in [0.25, 0.3) is 10.0 Å². The highest BCUT2D eigenvalue weighted by atomic mass is 32.2. The van der Waals surface area contributed by atoms with Gasteiger partial charge in [-0.1, -0.05) is 37.5 Å². The van der Waals surface area contributed by atoms with Crippen LogP contribution in [-0.2, 0) is 21.2 Å². The minimum Gasteiger partial charge on any atom is -0.356 e. The van der Waals surface area contributed by atoms with E-state index in [0.717, 1.165) is 31.2 Å². The molecule has 1 amide bonds. The second-order valence-electron chi connectivity index (χ2n) is 7.96. The van der Waals surface area contributed by atoms with Crippen LogP contribution in [0.4, 0.5) is 0 Å². The lowest BCUT2D eigenvalue weighted by Gasteiger charge is -2.32. The van der Waals surface area contributed by atoms with Crippen molar-refractivity contribution in [2.24, 2.45) is 0 Å². The van der Waals surface area contributed by atoms with Gasteiger partial charge in [0, 0.05) is 25.6 Å². The zero-order valence-corrected chi connectivity index (χ0v) is 18.3. The van der Waals surface area contributed by atoms with Crippen molar-refractivity contribution < 1.29 is 13.2 Å². The second-order valence-corrected chi connectivity index (χ2v) is 9.82. The highest BCUT2D eigenvalue weighted by molar-refractivity contribution is 7.89. The van der Waals surface area contributed by atoms with Crippen LogP contribution in [0.1, 0.15) is 50.5 Å². The average molecular weight is 433 g/mol. The maximum Gasteiger partial charge on any atom is 0.266 e. The molecule has 1 aromatic rings. The fraction of sp³-hybridized carbons (Fsp3) is 0.545. The number of nitrogens with zero attached hydrogens (tertiary/aromatic N) is 2. The van der Waals surface area contributed by atoms with Gasteiger partial charge in [-0.15, -0.1) is 6.58 Å². The predicted octanol–water partition coefficient (Wildman–Crippen LogP) is 2.89. The van der Waals surface area contributed by atoms with E-state index in [4.69, 9.17) is 5.41 Å². The molecule has 3 rings (SSSR count). The van der Waals surface area contributed by atoms with Gasteiger partial charge in [-0.2, -0.15) is 0 Å². The quantitative estimate of drug-likeness (QED) is 0.587. The lowest BCUT2D eigenvalue weighted by Crippen LogP contribution is -2.42. The lowest BCUT2D eigenvalue weighted by molar-refractivity contribution is -0.120. The third kappa shape index (κ3) is 5.22. The standard InChI is InChI=1S/C22H32N4O3S/c1-2-3-9-21(27)24-15-14-18-10-12-20(13-11-18)30(28,29)26-17-16-25(22(26)23)19-7-5-4-6-8-19/h2,10-13,19,23H,1,3-9,14-17H2,(H,24,27). The van der Waals surface area contributed by atoms with Gasteiger partial charge in [0.2, 0.25) is 11.9 Å². The number of allylic oxidation sites excluding steroid dienone is 1. The maximum absolute atomic E-state index is 13.1. The summed E-state index contributed by atoms with van der Waals surface area (Å²) in [5.41, 5.74) is 0.957. The number of sulfonamides is 1. The Morgan fingerprint density at radius 3 is 2.53 bits per heavy atom. The predicted molar refractivity (Wildman–Crippen MR) is 118 cm³/mol. The molecule has 8 heteroatoms. The minimum absolute atomic E-state index is 0.0100. The molecule has 2 fully saturated rings. The van der Waals surface area contributed by atoms with E-state index in [1.54, 1.807) is 30.3 Å². The molecule has 30 heavy (non-hydrogen) atoms. The van der Waals surface area contributed by atoms with Crippen LogP contribution >= 0.6 is 0 Å². The number of amides is 1. The molecular formula is C22H32N4O3S. The van der Waals surface area contributed by atoms with Gasteiger partial charge < -0.3 is 10.2 Å². The summed E-state index contributed by atoms with van der Waals surface area (Å²) in [4.78, 5) is 13.8. The van der Waals surface area contributed by atoms with Crippen LogP contribution in [-0.4, -0.2) is 55.2 Å². The van der Waals surface area contributed by atoms with Crippen molar-refractivity contribution in [3.8, 4) is 0 Å². The molecule has 1 aromatic carbocycles. The van der Waals surface area contributed by atoms with Gasteiger partial charge >= 0.3 is 0 Å². The average Bonchev–Trinajstić information content (AvgIpc) is 3.15. The summed E-state index contributed by atoms with van der Waals surface area (Å²) in [5.74, 6) is 0.0948. The smallest absolute Gasteiger partial charge is 0.266 e. The summed E-state index contributed by atoms with van der Waals surface area (Å²) >= 11 is 0. The number of rotatable bonds is 9. The van der Waals surface area contributed by atoms with Crippen LogP contribution in [0.15, 0.2) is 41.8 Å². The van der Waals surface area contributed by atoms with Gasteiger partial charge in [-0.3, -0.25) is 10.2 Å². The molecule has 0 unspecified atom stereocenters. The van der Waals surface area contributed by atoms with Crippen molar-refractivity contribution in [1.82, 2.24) is 14.5 Å². The molecule has 0 bridgehead atoms. The van der Waals surface area contributed by atoms with E-state index in [-0.39, 0.29) is 22.8 Å². The van der Waals surface area contributed by atoms with Crippen LogP contribution in [0.3, 0.4) is 0 Å². The molecular weight excluding hydrogens is 400 g/mol. The molecule has 1 heterocycles. The number of guanidine groups is 1. The van der Waals surface area contributed by atoms with Crippen molar-refractivity contribution >= 4 is 21.9 Å². The number of nitrogens with one attached hydrogen (secondary N) is 2. The Hall–Kier alpha value is -2.35. The van der Waals surface area contributed by atoms with Crippen LogP contribution in [0.25, 0.3) is 0 Å². The normalized spacial score (nSPS) is 17.9. The lowest BCUT2D eigenvalue weighted by atomic mass is 9.94. The number of carbonyl (C=O) groups excluding carboxylic acids is 1. The summed E-state index contributed by atoms with van der Waals surface area (Å²) in [6.45, 7) is 5.03. The first-order valence-electron chi connectivity index (χ1n) is 10.8. The van der Waals surface area contributed by atoms with E-state index < -0.39 is 10.0 Å². The van der Waals surface area contributed by atoms with Gasteiger partial charge in [-0.25, -0.2) is 12.7 Å². The first kappa shape index (κ1) is 22.3. The van der Waals surface area contributed by atoms with Gasteiger partial charge in [0.1, 0.15) is 0 Å². The minimum atomic E-state index is -3.73. The number of hydrogen-bond donors (Lipinski definition) is 2. The molecule has 164 valence electrons. The summed E-state index contributed by atoms with van der Waals surface area (Å²) < 4.78 is 27.4. The van der Waals surface area contributed by atoms with Gasteiger partial charge in [-0.05, 0) is 43.4 Å². The Morgan fingerprint density at radius 2 is 1.87 bits per heavy atom. The molecule has 0 atom stereocenters. The van der Waals surface area contributed by atoms with E-state index in [9.17, 15) is 13.2 Å². The van der Waals surface area contributed by atoms with E-state index in [2.05, 4.69) is 11.9 Å². The fourth-order valence-electron chi connectivity index (χ4n) is 4.16. The largest absolute Gasteiger partial charge is 0.356 e. The monoisotopic (exact) mass is 432 g/mol. The molecule has 1 saturated heterocycles. The Kier molecular flexibility index (Phi) is 7.53. The van der Waals surface area contributed by atoms with Gasteiger partial charge in [0.05, 0.1) is 11.4 Å². The summed E-state index contributed by atoms with van der Waals surface area (Å²) in [6, 6.07) is 7.04. The van der Waals surface area contributed by atoms with Crippen molar-refractivity contribution in [2.75, 3.05) is 19.6 Å². The molecule has 1 saturated carbocycles. The van der Waals surface area contributed by atoms with Crippen LogP contribution < -0.4 is 5.32 Å². The molecule has 2 aliphatic rings. The zero-order chi connectivity index (χ0) is 21.6. The highest BCUT2D eigenvalue weighted by Gasteiger charge is 2.38. The number of carbonyl (C=O) groups is 1.